The van der Waals surface area contributed by atoms with Gasteiger partial charge in [-0.05, 0) is 49.1 Å². The van der Waals surface area contributed by atoms with Crippen molar-refractivity contribution in [2.24, 2.45) is 0 Å². The first kappa shape index (κ1) is 19.9. The van der Waals surface area contributed by atoms with E-state index in [1.807, 2.05) is 47.4 Å². The first-order valence-electron chi connectivity index (χ1n) is 10.2. The van der Waals surface area contributed by atoms with E-state index in [1.54, 1.807) is 0 Å². The lowest BCUT2D eigenvalue weighted by atomic mass is 10.0. The number of hydrogen-bond acceptors (Lipinski definition) is 3. The number of rotatable bonds is 8. The Kier molecular flexibility index (Phi) is 7.06. The molecule has 2 aromatic rings. The second-order valence-electron chi connectivity index (χ2n) is 7.22. The highest BCUT2D eigenvalue weighted by Gasteiger charge is 2.21. The third-order valence-corrected chi connectivity index (χ3v) is 5.01. The zero-order valence-corrected chi connectivity index (χ0v) is 16.5. The Balaban J connectivity index is 1.55. The van der Waals surface area contributed by atoms with Crippen LogP contribution in [0.4, 0.5) is 17.1 Å². The molecule has 0 saturated carbocycles. The summed E-state index contributed by atoms with van der Waals surface area (Å²) in [6.45, 7) is 3.10. The number of benzene rings is 2. The van der Waals surface area contributed by atoms with Crippen LogP contribution in [0.15, 0.2) is 48.5 Å². The van der Waals surface area contributed by atoms with Gasteiger partial charge in [0.25, 0.3) is 0 Å². The summed E-state index contributed by atoms with van der Waals surface area (Å²) in [6.07, 6.45) is 5.62. The van der Waals surface area contributed by atoms with E-state index in [2.05, 4.69) is 23.6 Å². The third kappa shape index (κ3) is 5.35. The number of anilines is 3. The summed E-state index contributed by atoms with van der Waals surface area (Å²) in [6, 6.07) is 15.6. The number of hydrogen-bond donors (Lipinski definition) is 2. The Morgan fingerprint density at radius 2 is 1.86 bits per heavy atom. The molecule has 0 bridgehead atoms. The summed E-state index contributed by atoms with van der Waals surface area (Å²) in [5.41, 5.74) is 3.83. The van der Waals surface area contributed by atoms with Gasteiger partial charge in [0.15, 0.2) is 0 Å². The average molecular weight is 380 g/mol. The molecule has 0 aliphatic carbocycles. The third-order valence-electron chi connectivity index (χ3n) is 5.01. The Morgan fingerprint density at radius 3 is 2.71 bits per heavy atom. The molecule has 1 aliphatic heterocycles. The summed E-state index contributed by atoms with van der Waals surface area (Å²) < 4.78 is 0. The highest BCUT2D eigenvalue weighted by molar-refractivity contribution is 5.97. The largest absolute Gasteiger partial charge is 0.376 e. The second-order valence-corrected chi connectivity index (χ2v) is 7.22. The summed E-state index contributed by atoms with van der Waals surface area (Å²) in [4.78, 5) is 26.6. The number of nitrogens with one attached hydrogen (secondary N) is 2. The highest BCUT2D eigenvalue weighted by Crippen LogP contribution is 2.26. The molecular formula is C23H29N3O2. The summed E-state index contributed by atoms with van der Waals surface area (Å²) in [7, 11) is 0. The molecule has 0 unspecified atom stereocenters. The molecule has 0 spiro atoms. The number of amides is 2. The van der Waals surface area contributed by atoms with Crippen molar-refractivity contribution in [2.75, 3.05) is 28.6 Å². The van der Waals surface area contributed by atoms with Crippen LogP contribution < -0.4 is 15.5 Å². The van der Waals surface area contributed by atoms with Crippen LogP contribution in [0.25, 0.3) is 0 Å². The fourth-order valence-corrected chi connectivity index (χ4v) is 3.53. The molecule has 0 fully saturated rings. The van der Waals surface area contributed by atoms with Gasteiger partial charge in [-0.15, -0.1) is 0 Å². The van der Waals surface area contributed by atoms with Gasteiger partial charge in [0.1, 0.15) is 0 Å². The van der Waals surface area contributed by atoms with Crippen molar-refractivity contribution in [2.45, 2.75) is 45.4 Å². The quantitative estimate of drug-likeness (QED) is 0.659. The number of nitrogens with zero attached hydrogens (tertiary/aromatic N) is 1. The van der Waals surface area contributed by atoms with Gasteiger partial charge >= 0.3 is 0 Å². The number of para-hydroxylation sites is 1. The van der Waals surface area contributed by atoms with Gasteiger partial charge in [0.05, 0.1) is 6.54 Å². The predicted molar refractivity (Wildman–Crippen MR) is 115 cm³/mol. The zero-order valence-electron chi connectivity index (χ0n) is 16.5. The van der Waals surface area contributed by atoms with Crippen LogP contribution in [0.5, 0.6) is 0 Å². The molecule has 0 saturated heterocycles. The molecular weight excluding hydrogens is 350 g/mol. The van der Waals surface area contributed by atoms with E-state index < -0.39 is 0 Å². The van der Waals surface area contributed by atoms with E-state index in [9.17, 15) is 9.59 Å². The molecule has 1 heterocycles. The number of carbonyl (C=O) groups excluding carboxylic acids is 2. The maximum Gasteiger partial charge on any atom is 0.246 e. The fourth-order valence-electron chi connectivity index (χ4n) is 3.53. The first-order chi connectivity index (χ1) is 13.7. The number of fused-ring (bicyclic) bond motifs is 1. The predicted octanol–water partition coefficient (Wildman–Crippen LogP) is 4.60. The van der Waals surface area contributed by atoms with Crippen LogP contribution in [-0.2, 0) is 16.0 Å². The van der Waals surface area contributed by atoms with E-state index in [1.165, 1.54) is 5.56 Å². The van der Waals surface area contributed by atoms with Gasteiger partial charge in [-0.25, -0.2) is 0 Å². The van der Waals surface area contributed by atoms with Gasteiger partial charge in [-0.3, -0.25) is 9.59 Å². The first-order valence-corrected chi connectivity index (χ1v) is 10.2. The van der Waals surface area contributed by atoms with Crippen molar-refractivity contribution in [1.29, 1.82) is 0 Å². The molecule has 2 amide bonds. The smallest absolute Gasteiger partial charge is 0.246 e. The standard InChI is InChI=1S/C23H29N3O2/c1-2-3-4-14-22(27)25-20-12-7-11-19(16-20)24-17-23(28)26-15-8-10-18-9-5-6-13-21(18)26/h5-7,9,11-13,16,24H,2-4,8,10,14-15,17H2,1H3,(H,25,27). The van der Waals surface area contributed by atoms with Crippen molar-refractivity contribution in [3.63, 3.8) is 0 Å². The van der Waals surface area contributed by atoms with Gasteiger partial charge < -0.3 is 15.5 Å². The van der Waals surface area contributed by atoms with Gasteiger partial charge in [0, 0.05) is 30.0 Å². The van der Waals surface area contributed by atoms with E-state index >= 15 is 0 Å². The van der Waals surface area contributed by atoms with Crippen LogP contribution in [0.2, 0.25) is 0 Å². The van der Waals surface area contributed by atoms with Crippen LogP contribution in [0.3, 0.4) is 0 Å². The van der Waals surface area contributed by atoms with Gasteiger partial charge in [0.2, 0.25) is 11.8 Å². The molecule has 2 aromatic carbocycles. The number of aryl methyl sites for hydroxylation is 1. The lowest BCUT2D eigenvalue weighted by Crippen LogP contribution is -2.39. The average Bonchev–Trinajstić information content (AvgIpc) is 2.72. The van der Waals surface area contributed by atoms with E-state index in [0.717, 1.165) is 55.7 Å². The minimum Gasteiger partial charge on any atom is -0.376 e. The zero-order chi connectivity index (χ0) is 19.8. The molecule has 3 rings (SSSR count). The fraction of sp³-hybridized carbons (Fsp3) is 0.391. The molecule has 28 heavy (non-hydrogen) atoms. The number of unbranched alkanes of at least 4 members (excludes halogenated alkanes) is 2. The topological polar surface area (TPSA) is 61.4 Å². The van der Waals surface area contributed by atoms with Crippen molar-refractivity contribution < 1.29 is 9.59 Å². The van der Waals surface area contributed by atoms with Crippen molar-refractivity contribution in [3.05, 3.63) is 54.1 Å². The lowest BCUT2D eigenvalue weighted by Gasteiger charge is -2.29. The molecule has 0 radical (unpaired) electrons. The lowest BCUT2D eigenvalue weighted by molar-refractivity contribution is -0.117. The van der Waals surface area contributed by atoms with Crippen LogP contribution in [0.1, 0.15) is 44.6 Å². The van der Waals surface area contributed by atoms with Crippen molar-refractivity contribution in [1.82, 2.24) is 0 Å². The van der Waals surface area contributed by atoms with Crippen LogP contribution >= 0.6 is 0 Å². The molecule has 2 N–H and O–H groups in total. The summed E-state index contributed by atoms with van der Waals surface area (Å²) in [5, 5.41) is 6.13. The highest BCUT2D eigenvalue weighted by atomic mass is 16.2. The Labute approximate surface area is 167 Å². The van der Waals surface area contributed by atoms with E-state index in [-0.39, 0.29) is 18.4 Å². The summed E-state index contributed by atoms with van der Waals surface area (Å²) in [5.74, 6) is 0.0905. The van der Waals surface area contributed by atoms with Gasteiger partial charge in [-0.2, -0.15) is 0 Å². The monoisotopic (exact) mass is 379 g/mol. The summed E-state index contributed by atoms with van der Waals surface area (Å²) >= 11 is 0. The van der Waals surface area contributed by atoms with Crippen LogP contribution in [0, 0.1) is 0 Å². The second kappa shape index (κ2) is 9.93. The maximum absolute atomic E-state index is 12.7. The molecule has 148 valence electrons. The SMILES string of the molecule is CCCCCC(=O)Nc1cccc(NCC(=O)N2CCCc3ccccc32)c1. The molecule has 0 aromatic heterocycles. The minimum atomic E-state index is 0.0339. The molecule has 5 heteroatoms. The Hall–Kier alpha value is -2.82. The molecule has 5 nitrogen and oxygen atoms in total. The van der Waals surface area contributed by atoms with Crippen molar-refractivity contribution in [3.8, 4) is 0 Å². The Morgan fingerprint density at radius 1 is 1.04 bits per heavy atom. The number of carbonyl (C=O) groups is 2. The molecule has 1 aliphatic rings. The molecule has 0 atom stereocenters. The Bertz CT molecular complexity index is 819. The van der Waals surface area contributed by atoms with E-state index in [4.69, 9.17) is 0 Å². The van der Waals surface area contributed by atoms with Gasteiger partial charge in [-0.1, -0.05) is 44.0 Å². The maximum atomic E-state index is 12.7. The van der Waals surface area contributed by atoms with Crippen LogP contribution in [-0.4, -0.2) is 24.9 Å². The van der Waals surface area contributed by atoms with E-state index in [0.29, 0.717) is 6.42 Å². The minimum absolute atomic E-state index is 0.0339. The normalized spacial score (nSPS) is 13.0. The van der Waals surface area contributed by atoms with Crippen molar-refractivity contribution >= 4 is 28.9 Å².